The van der Waals surface area contributed by atoms with Crippen molar-refractivity contribution in [3.8, 4) is 5.75 Å². The number of rotatable bonds is 5. The van der Waals surface area contributed by atoms with E-state index in [4.69, 9.17) is 4.74 Å². The second-order valence-corrected chi connectivity index (χ2v) is 8.94. The van der Waals surface area contributed by atoms with Gasteiger partial charge in [-0.2, -0.15) is 0 Å². The molecule has 2 heterocycles. The molecule has 4 heteroatoms. The highest BCUT2D eigenvalue weighted by Gasteiger charge is 2.36. The summed E-state index contributed by atoms with van der Waals surface area (Å²) in [5, 5.41) is 9.90. The maximum Gasteiger partial charge on any atom is 0.123 e. The zero-order valence-electron chi connectivity index (χ0n) is 16.8. The second-order valence-electron chi connectivity index (χ2n) is 8.94. The van der Waals surface area contributed by atoms with E-state index in [1.807, 2.05) is 6.07 Å². The third-order valence-electron chi connectivity index (χ3n) is 6.90. The molecule has 0 amide bonds. The Morgan fingerprint density at radius 2 is 1.79 bits per heavy atom. The lowest BCUT2D eigenvalue weighted by Crippen LogP contribution is -2.34. The van der Waals surface area contributed by atoms with Gasteiger partial charge < -0.3 is 19.5 Å². The van der Waals surface area contributed by atoms with Crippen LogP contribution in [-0.4, -0.2) is 30.6 Å². The Labute approximate surface area is 172 Å². The van der Waals surface area contributed by atoms with Crippen LogP contribution >= 0.6 is 0 Å². The zero-order valence-corrected chi connectivity index (χ0v) is 16.8. The van der Waals surface area contributed by atoms with Crippen molar-refractivity contribution in [3.63, 3.8) is 0 Å². The van der Waals surface area contributed by atoms with Crippen molar-refractivity contribution in [2.75, 3.05) is 18.0 Å². The molecule has 0 aromatic heterocycles. The fourth-order valence-electron chi connectivity index (χ4n) is 4.98. The molecule has 1 N–H and O–H groups in total. The van der Waals surface area contributed by atoms with Crippen LogP contribution < -0.4 is 4.90 Å². The fourth-order valence-corrected chi connectivity index (χ4v) is 4.98. The SMILES string of the molecule is O=CC1CCN(c2ccc([C@H]3c4ccc(O)cc4CO[C@H]3CC3CC3)cc2)CC1. The number of anilines is 1. The van der Waals surface area contributed by atoms with Crippen LogP contribution in [0.25, 0.3) is 0 Å². The van der Waals surface area contributed by atoms with Gasteiger partial charge in [-0.3, -0.25) is 0 Å². The molecule has 0 radical (unpaired) electrons. The van der Waals surface area contributed by atoms with Crippen LogP contribution in [-0.2, 0) is 16.1 Å². The van der Waals surface area contributed by atoms with E-state index in [9.17, 15) is 9.90 Å². The number of ether oxygens (including phenoxy) is 1. The number of hydrogen-bond acceptors (Lipinski definition) is 4. The molecule has 1 aliphatic carbocycles. The van der Waals surface area contributed by atoms with E-state index in [-0.39, 0.29) is 17.9 Å². The van der Waals surface area contributed by atoms with Crippen LogP contribution in [0.1, 0.15) is 54.7 Å². The summed E-state index contributed by atoms with van der Waals surface area (Å²) < 4.78 is 6.29. The number of phenols is 1. The van der Waals surface area contributed by atoms with Crippen molar-refractivity contribution in [2.45, 2.75) is 50.7 Å². The summed E-state index contributed by atoms with van der Waals surface area (Å²) >= 11 is 0. The standard InChI is InChI=1S/C25H29NO3/c27-15-18-9-11-26(12-10-18)21-5-3-19(4-6-21)25-23-8-7-22(28)14-20(23)16-29-24(25)13-17-1-2-17/h3-8,14-15,17-18,24-25,28H,1-2,9-13,16H2/t24-,25-/m0/s1. The molecular formula is C25H29NO3. The molecule has 3 aliphatic rings. The molecule has 5 rings (SSSR count). The molecule has 152 valence electrons. The largest absolute Gasteiger partial charge is 0.508 e. The van der Waals surface area contributed by atoms with E-state index in [1.54, 1.807) is 6.07 Å². The Morgan fingerprint density at radius 3 is 2.48 bits per heavy atom. The number of carbonyl (C=O) groups excluding carboxylic acids is 1. The molecule has 0 bridgehead atoms. The van der Waals surface area contributed by atoms with Gasteiger partial charge in [-0.15, -0.1) is 0 Å². The van der Waals surface area contributed by atoms with Crippen molar-refractivity contribution < 1.29 is 14.6 Å². The Balaban J connectivity index is 1.40. The monoisotopic (exact) mass is 391 g/mol. The summed E-state index contributed by atoms with van der Waals surface area (Å²) in [6.07, 6.45) is 6.97. The molecule has 2 aromatic rings. The van der Waals surface area contributed by atoms with Gasteiger partial charge in [0.1, 0.15) is 12.0 Å². The van der Waals surface area contributed by atoms with Gasteiger partial charge in [-0.05, 0) is 66.1 Å². The van der Waals surface area contributed by atoms with E-state index >= 15 is 0 Å². The lowest BCUT2D eigenvalue weighted by Gasteiger charge is -2.35. The molecule has 29 heavy (non-hydrogen) atoms. The van der Waals surface area contributed by atoms with Crippen LogP contribution in [0.5, 0.6) is 5.75 Å². The molecular weight excluding hydrogens is 362 g/mol. The van der Waals surface area contributed by atoms with E-state index in [0.29, 0.717) is 12.4 Å². The molecule has 2 fully saturated rings. The maximum absolute atomic E-state index is 11.0. The summed E-state index contributed by atoms with van der Waals surface area (Å²) in [5.41, 5.74) is 4.91. The van der Waals surface area contributed by atoms with Gasteiger partial charge in [0.15, 0.2) is 0 Å². The molecule has 1 saturated carbocycles. The number of benzene rings is 2. The highest BCUT2D eigenvalue weighted by molar-refractivity contribution is 5.56. The number of aromatic hydroxyl groups is 1. The summed E-state index contributed by atoms with van der Waals surface area (Å²) in [7, 11) is 0. The minimum Gasteiger partial charge on any atom is -0.508 e. The minimum absolute atomic E-state index is 0.203. The summed E-state index contributed by atoms with van der Waals surface area (Å²) in [6.45, 7) is 2.48. The molecule has 2 atom stereocenters. The number of hydrogen-bond donors (Lipinski definition) is 1. The van der Waals surface area contributed by atoms with Crippen LogP contribution in [0.15, 0.2) is 42.5 Å². The van der Waals surface area contributed by atoms with Crippen LogP contribution in [0.3, 0.4) is 0 Å². The Bertz CT molecular complexity index is 866. The van der Waals surface area contributed by atoms with Crippen molar-refractivity contribution in [2.24, 2.45) is 11.8 Å². The molecule has 1 saturated heterocycles. The highest BCUT2D eigenvalue weighted by atomic mass is 16.5. The maximum atomic E-state index is 11.0. The van der Waals surface area contributed by atoms with Crippen molar-refractivity contribution in [1.82, 2.24) is 0 Å². The molecule has 0 spiro atoms. The Hall–Kier alpha value is -2.33. The number of phenolic OH excluding ortho intramolecular Hbond substituents is 1. The Kier molecular flexibility index (Phi) is 5.04. The molecule has 2 aromatic carbocycles. The quantitative estimate of drug-likeness (QED) is 0.755. The van der Waals surface area contributed by atoms with Gasteiger partial charge in [-0.25, -0.2) is 0 Å². The van der Waals surface area contributed by atoms with E-state index in [0.717, 1.165) is 50.1 Å². The van der Waals surface area contributed by atoms with E-state index in [2.05, 4.69) is 35.2 Å². The van der Waals surface area contributed by atoms with Gasteiger partial charge in [0, 0.05) is 30.6 Å². The van der Waals surface area contributed by atoms with E-state index < -0.39 is 0 Å². The first kappa shape index (κ1) is 18.7. The van der Waals surface area contributed by atoms with Crippen molar-refractivity contribution >= 4 is 12.0 Å². The normalized spacial score (nSPS) is 24.9. The first-order valence-corrected chi connectivity index (χ1v) is 10.9. The third-order valence-corrected chi connectivity index (χ3v) is 6.90. The average molecular weight is 392 g/mol. The summed E-state index contributed by atoms with van der Waals surface area (Å²) in [6, 6.07) is 14.7. The predicted molar refractivity (Wildman–Crippen MR) is 113 cm³/mol. The third kappa shape index (κ3) is 3.91. The first-order valence-electron chi connectivity index (χ1n) is 10.9. The lowest BCUT2D eigenvalue weighted by molar-refractivity contribution is -0.111. The highest BCUT2D eigenvalue weighted by Crippen LogP contribution is 2.44. The molecule has 2 aliphatic heterocycles. The average Bonchev–Trinajstić information content (AvgIpc) is 3.58. The minimum atomic E-state index is 0.203. The van der Waals surface area contributed by atoms with Crippen LogP contribution in [0, 0.1) is 11.8 Å². The fraction of sp³-hybridized carbons (Fsp3) is 0.480. The van der Waals surface area contributed by atoms with Crippen molar-refractivity contribution in [1.29, 1.82) is 0 Å². The van der Waals surface area contributed by atoms with Crippen LogP contribution in [0.2, 0.25) is 0 Å². The number of nitrogens with zero attached hydrogens (tertiary/aromatic N) is 1. The van der Waals surface area contributed by atoms with Gasteiger partial charge in [0.2, 0.25) is 0 Å². The Morgan fingerprint density at radius 1 is 1.03 bits per heavy atom. The summed E-state index contributed by atoms with van der Waals surface area (Å²) in [5.74, 6) is 1.55. The van der Waals surface area contributed by atoms with Gasteiger partial charge in [0.25, 0.3) is 0 Å². The van der Waals surface area contributed by atoms with Gasteiger partial charge in [0.05, 0.1) is 12.7 Å². The number of fused-ring (bicyclic) bond motifs is 1. The van der Waals surface area contributed by atoms with Gasteiger partial charge in [-0.1, -0.05) is 31.0 Å². The lowest BCUT2D eigenvalue weighted by atomic mass is 9.80. The molecule has 4 nitrogen and oxygen atoms in total. The summed E-state index contributed by atoms with van der Waals surface area (Å²) in [4.78, 5) is 13.4. The number of aldehydes is 1. The van der Waals surface area contributed by atoms with E-state index in [1.165, 1.54) is 29.7 Å². The predicted octanol–water partition coefficient (Wildman–Crippen LogP) is 4.64. The van der Waals surface area contributed by atoms with Gasteiger partial charge >= 0.3 is 0 Å². The smallest absolute Gasteiger partial charge is 0.123 e. The van der Waals surface area contributed by atoms with Crippen molar-refractivity contribution in [3.05, 3.63) is 59.2 Å². The molecule has 0 unspecified atom stereocenters. The number of carbonyl (C=O) groups is 1. The topological polar surface area (TPSA) is 49.8 Å². The number of piperidine rings is 1. The zero-order chi connectivity index (χ0) is 19.8. The van der Waals surface area contributed by atoms with Crippen LogP contribution in [0.4, 0.5) is 5.69 Å². The second kappa shape index (κ2) is 7.83. The first-order chi connectivity index (χ1) is 14.2.